The van der Waals surface area contributed by atoms with Crippen LogP contribution in [-0.2, 0) is 9.59 Å². The van der Waals surface area contributed by atoms with Crippen LogP contribution in [0, 0.1) is 35.5 Å². The maximum atomic E-state index is 12.9. The van der Waals surface area contributed by atoms with Crippen LogP contribution in [0.25, 0.3) is 0 Å². The Bertz CT molecular complexity index is 669. The molecule has 0 aromatic heterocycles. The van der Waals surface area contributed by atoms with Crippen LogP contribution in [0.3, 0.4) is 0 Å². The van der Waals surface area contributed by atoms with Crippen molar-refractivity contribution in [1.29, 1.82) is 0 Å². The molecule has 1 N–H and O–H groups in total. The molecule has 6 atom stereocenters. The van der Waals surface area contributed by atoms with Crippen molar-refractivity contribution >= 4 is 17.5 Å². The van der Waals surface area contributed by atoms with E-state index in [1.54, 1.807) is 0 Å². The molecule has 2 amide bonds. The first-order valence-electron chi connectivity index (χ1n) is 7.63. The van der Waals surface area contributed by atoms with Gasteiger partial charge in [0, 0.05) is 0 Å². The minimum atomic E-state index is -0.169. The third-order valence-corrected chi connectivity index (χ3v) is 5.70. The van der Waals surface area contributed by atoms with E-state index >= 15 is 0 Å². The molecule has 4 heteroatoms. The van der Waals surface area contributed by atoms with E-state index in [0.29, 0.717) is 11.8 Å². The van der Waals surface area contributed by atoms with Crippen molar-refractivity contribution in [3.63, 3.8) is 0 Å². The molecule has 0 radical (unpaired) electrons. The average molecular weight is 280 g/mol. The van der Waals surface area contributed by atoms with Gasteiger partial charge in [-0.1, -0.05) is 30.4 Å². The number of carbonyl (C=O) groups excluding carboxylic acids is 2. The summed E-state index contributed by atoms with van der Waals surface area (Å²) in [5, 5.41) is 1.45. The van der Waals surface area contributed by atoms with E-state index in [1.807, 2.05) is 30.3 Å². The van der Waals surface area contributed by atoms with Crippen molar-refractivity contribution in [2.24, 2.45) is 35.5 Å². The van der Waals surface area contributed by atoms with Gasteiger partial charge in [-0.25, -0.2) is 5.01 Å². The topological polar surface area (TPSA) is 49.4 Å². The second-order valence-electron chi connectivity index (χ2n) is 6.64. The number of hydrogen-bond acceptors (Lipinski definition) is 2. The molecule has 1 saturated heterocycles. The lowest BCUT2D eigenvalue weighted by Crippen LogP contribution is -2.64. The Kier molecular flexibility index (Phi) is 2.06. The molecule has 4 nitrogen and oxygen atoms in total. The highest BCUT2D eigenvalue weighted by Gasteiger charge is 2.64. The smallest absolute Gasteiger partial charge is 0.250 e. The van der Waals surface area contributed by atoms with Gasteiger partial charge < -0.3 is 0 Å². The molecule has 1 aromatic carbocycles. The first kappa shape index (κ1) is 11.5. The number of carbonyl (C=O) groups is 2. The van der Waals surface area contributed by atoms with Crippen molar-refractivity contribution < 1.29 is 9.59 Å². The molecule has 106 valence electrons. The predicted octanol–water partition coefficient (Wildman–Crippen LogP) is 1.75. The fourth-order valence-electron chi connectivity index (χ4n) is 4.73. The van der Waals surface area contributed by atoms with Crippen LogP contribution < -0.4 is 10.4 Å². The Hall–Kier alpha value is -2.10. The van der Waals surface area contributed by atoms with Crippen molar-refractivity contribution in [2.75, 3.05) is 5.01 Å². The lowest BCUT2D eigenvalue weighted by molar-refractivity contribution is -0.146. The van der Waals surface area contributed by atoms with E-state index in [0.717, 1.165) is 5.69 Å². The minimum absolute atomic E-state index is 0.00755. The molecule has 6 rings (SSSR count). The molecule has 3 fully saturated rings. The Morgan fingerprint density at radius 3 is 2.33 bits per heavy atom. The number of allylic oxidation sites excluding steroid dienone is 2. The SMILES string of the molecule is O=C1NN(c2ccccc2)C(=O)[C@@H]2[C@H]3C=C[C@@H]([C@@H]4C[C@@H]34)[C@H]12. The van der Waals surface area contributed by atoms with Crippen LogP contribution in [0.1, 0.15) is 6.42 Å². The number of hydrogen-bond donors (Lipinski definition) is 1. The molecular weight excluding hydrogens is 264 g/mol. The number of benzene rings is 1. The third kappa shape index (κ3) is 1.40. The summed E-state index contributed by atoms with van der Waals surface area (Å²) < 4.78 is 0. The highest BCUT2D eigenvalue weighted by molar-refractivity contribution is 6.04. The summed E-state index contributed by atoms with van der Waals surface area (Å²) in [6, 6.07) is 9.38. The van der Waals surface area contributed by atoms with Crippen molar-refractivity contribution in [3.05, 3.63) is 42.5 Å². The number of hydrazine groups is 1. The molecule has 0 spiro atoms. The van der Waals surface area contributed by atoms with E-state index in [4.69, 9.17) is 0 Å². The Balaban J connectivity index is 1.56. The normalized spacial score (nSPS) is 42.4. The molecule has 1 aromatic rings. The van der Waals surface area contributed by atoms with Gasteiger partial charge in [-0.3, -0.25) is 15.0 Å². The molecule has 2 saturated carbocycles. The third-order valence-electron chi connectivity index (χ3n) is 5.70. The van der Waals surface area contributed by atoms with Gasteiger partial charge >= 0.3 is 0 Å². The van der Waals surface area contributed by atoms with Gasteiger partial charge in [-0.2, -0.15) is 0 Å². The van der Waals surface area contributed by atoms with Crippen molar-refractivity contribution in [1.82, 2.24) is 5.43 Å². The van der Waals surface area contributed by atoms with Crippen molar-refractivity contribution in [2.45, 2.75) is 6.42 Å². The zero-order valence-electron chi connectivity index (χ0n) is 11.5. The van der Waals surface area contributed by atoms with Gasteiger partial charge in [0.05, 0.1) is 17.5 Å². The van der Waals surface area contributed by atoms with Crippen LogP contribution in [-0.4, -0.2) is 11.8 Å². The zero-order chi connectivity index (χ0) is 14.1. The first-order valence-corrected chi connectivity index (χ1v) is 7.63. The monoisotopic (exact) mass is 280 g/mol. The summed E-state index contributed by atoms with van der Waals surface area (Å²) in [5.74, 6) is 1.54. The van der Waals surface area contributed by atoms with Crippen LogP contribution in [0.4, 0.5) is 5.69 Å². The molecule has 1 heterocycles. The summed E-state index contributed by atoms with van der Waals surface area (Å²) in [4.78, 5) is 25.5. The van der Waals surface area contributed by atoms with E-state index < -0.39 is 0 Å². The maximum Gasteiger partial charge on any atom is 0.250 e. The van der Waals surface area contributed by atoms with Gasteiger partial charge in [0.2, 0.25) is 11.8 Å². The summed E-state index contributed by atoms with van der Waals surface area (Å²) in [5.41, 5.74) is 3.56. The summed E-state index contributed by atoms with van der Waals surface area (Å²) in [6.45, 7) is 0. The van der Waals surface area contributed by atoms with Gasteiger partial charge in [0.25, 0.3) is 0 Å². The van der Waals surface area contributed by atoms with Gasteiger partial charge in [0.1, 0.15) is 0 Å². The van der Waals surface area contributed by atoms with Gasteiger partial charge in [0.15, 0.2) is 0 Å². The van der Waals surface area contributed by atoms with Crippen LogP contribution in [0.2, 0.25) is 0 Å². The maximum absolute atomic E-state index is 12.9. The first-order chi connectivity index (χ1) is 10.3. The number of amides is 2. The minimum Gasteiger partial charge on any atom is -0.273 e. The fraction of sp³-hybridized carbons (Fsp3) is 0.412. The quantitative estimate of drug-likeness (QED) is 0.797. The fourth-order valence-corrected chi connectivity index (χ4v) is 4.73. The van der Waals surface area contributed by atoms with E-state index in [-0.39, 0.29) is 35.5 Å². The van der Waals surface area contributed by atoms with Crippen LogP contribution in [0.15, 0.2) is 42.5 Å². The molecular formula is C17H16N2O2. The number of nitrogens with one attached hydrogen (secondary N) is 1. The summed E-state index contributed by atoms with van der Waals surface area (Å²) >= 11 is 0. The van der Waals surface area contributed by atoms with Gasteiger partial charge in [-0.05, 0) is 42.2 Å². The molecule has 0 unspecified atom stereocenters. The van der Waals surface area contributed by atoms with Gasteiger partial charge in [-0.15, -0.1) is 0 Å². The summed E-state index contributed by atoms with van der Waals surface area (Å²) in [7, 11) is 0. The highest BCUT2D eigenvalue weighted by Crippen LogP contribution is 2.64. The number of anilines is 1. The Labute approximate surface area is 122 Å². The molecule has 5 aliphatic rings. The molecule has 21 heavy (non-hydrogen) atoms. The largest absolute Gasteiger partial charge is 0.273 e. The number of rotatable bonds is 1. The summed E-state index contributed by atoms with van der Waals surface area (Å²) in [6.07, 6.45) is 5.56. The second kappa shape index (κ2) is 3.75. The standard InChI is InChI=1S/C17H16N2O2/c20-16-14-10-6-7-11(13-8-12(10)13)15(14)17(21)19(18-16)9-4-2-1-3-5-9/h1-7,10-15H,8H2,(H,18,20)/t10-,11-,12-,13-,14-,15+/m0/s1. The van der Waals surface area contributed by atoms with Crippen molar-refractivity contribution in [3.8, 4) is 0 Å². The average Bonchev–Trinajstić information content (AvgIpc) is 3.33. The van der Waals surface area contributed by atoms with Crippen LogP contribution >= 0.6 is 0 Å². The molecule has 2 bridgehead atoms. The lowest BCUT2D eigenvalue weighted by Gasteiger charge is -2.48. The number of nitrogens with zero attached hydrogens (tertiary/aromatic N) is 1. The van der Waals surface area contributed by atoms with E-state index in [1.165, 1.54) is 11.4 Å². The zero-order valence-corrected chi connectivity index (χ0v) is 11.5. The van der Waals surface area contributed by atoms with Crippen LogP contribution in [0.5, 0.6) is 0 Å². The molecule has 4 aliphatic carbocycles. The molecule has 1 aliphatic heterocycles. The second-order valence-corrected chi connectivity index (χ2v) is 6.64. The van der Waals surface area contributed by atoms with E-state index in [2.05, 4.69) is 17.6 Å². The Morgan fingerprint density at radius 1 is 0.952 bits per heavy atom. The number of para-hydroxylation sites is 1. The predicted molar refractivity (Wildman–Crippen MR) is 76.8 cm³/mol. The van der Waals surface area contributed by atoms with E-state index in [9.17, 15) is 9.59 Å². The Morgan fingerprint density at radius 2 is 1.62 bits per heavy atom. The lowest BCUT2D eigenvalue weighted by atomic mass is 9.61. The highest BCUT2D eigenvalue weighted by atomic mass is 16.2.